The van der Waals surface area contributed by atoms with Gasteiger partial charge in [-0.2, -0.15) is 0 Å². The summed E-state index contributed by atoms with van der Waals surface area (Å²) in [5.41, 5.74) is 10.9. The first-order valence-corrected chi connectivity index (χ1v) is 5.06. The number of carbonyl (C=O) groups excluding carboxylic acids is 2. The van der Waals surface area contributed by atoms with Crippen molar-refractivity contribution in [3.8, 4) is 5.75 Å². The maximum Gasteiger partial charge on any atom is 0.255 e. The van der Waals surface area contributed by atoms with E-state index in [2.05, 4.69) is 5.32 Å². The van der Waals surface area contributed by atoms with Crippen LogP contribution in [0.4, 0.5) is 5.69 Å². The fourth-order valence-corrected chi connectivity index (χ4v) is 1.07. The van der Waals surface area contributed by atoms with Gasteiger partial charge >= 0.3 is 0 Å². The van der Waals surface area contributed by atoms with Gasteiger partial charge in [-0.05, 0) is 19.1 Å². The quantitative estimate of drug-likeness (QED) is 0.715. The summed E-state index contributed by atoms with van der Waals surface area (Å²) < 4.78 is 5.09. The second-order valence-corrected chi connectivity index (χ2v) is 3.56. The van der Waals surface area contributed by atoms with E-state index in [4.69, 9.17) is 16.2 Å². The molecule has 0 spiro atoms. The zero-order valence-corrected chi connectivity index (χ0v) is 10.7. The van der Waals surface area contributed by atoms with Crippen LogP contribution in [0.3, 0.4) is 0 Å². The van der Waals surface area contributed by atoms with Crippen molar-refractivity contribution in [3.63, 3.8) is 0 Å². The Hall–Kier alpha value is -1.79. The van der Waals surface area contributed by atoms with Crippen molar-refractivity contribution in [2.45, 2.75) is 13.0 Å². The van der Waals surface area contributed by atoms with Gasteiger partial charge in [-0.15, -0.1) is 12.4 Å². The lowest BCUT2D eigenvalue weighted by molar-refractivity contribution is -0.120. The van der Waals surface area contributed by atoms with Crippen molar-refractivity contribution in [1.82, 2.24) is 0 Å². The van der Waals surface area contributed by atoms with Gasteiger partial charge in [-0.1, -0.05) is 6.07 Å². The molecule has 1 atom stereocenters. The fourth-order valence-electron chi connectivity index (χ4n) is 1.07. The molecule has 0 fully saturated rings. The van der Waals surface area contributed by atoms with Crippen LogP contribution in [-0.2, 0) is 9.59 Å². The van der Waals surface area contributed by atoms with Crippen molar-refractivity contribution >= 4 is 29.9 Å². The SMILES string of the molecule is C[C@@H](N)C(=O)Nc1cccc(OCC(N)=O)c1.Cl. The number of benzene rings is 1. The summed E-state index contributed by atoms with van der Waals surface area (Å²) in [5.74, 6) is -0.404. The normalized spacial score (nSPS) is 11.0. The summed E-state index contributed by atoms with van der Waals surface area (Å²) in [4.78, 5) is 21.9. The number of carbonyl (C=O) groups is 2. The average Bonchev–Trinajstić information content (AvgIpc) is 2.26. The Balaban J connectivity index is 0.00000289. The van der Waals surface area contributed by atoms with E-state index in [1.165, 1.54) is 0 Å². The highest BCUT2D eigenvalue weighted by Gasteiger charge is 2.07. The molecule has 0 saturated heterocycles. The molecule has 0 unspecified atom stereocenters. The number of ether oxygens (including phenoxy) is 1. The fraction of sp³-hybridized carbons (Fsp3) is 0.273. The van der Waals surface area contributed by atoms with E-state index in [1.54, 1.807) is 31.2 Å². The third-order valence-electron chi connectivity index (χ3n) is 1.90. The largest absolute Gasteiger partial charge is 0.484 e. The number of hydrogen-bond acceptors (Lipinski definition) is 4. The van der Waals surface area contributed by atoms with Gasteiger partial charge in [-0.3, -0.25) is 9.59 Å². The summed E-state index contributed by atoms with van der Waals surface area (Å²) in [5, 5.41) is 2.61. The summed E-state index contributed by atoms with van der Waals surface area (Å²) >= 11 is 0. The number of nitrogens with one attached hydrogen (secondary N) is 1. The molecule has 1 aromatic carbocycles. The molecule has 7 heteroatoms. The predicted octanol–water partition coefficient (Wildman–Crippen LogP) is 0.258. The molecule has 100 valence electrons. The highest BCUT2D eigenvalue weighted by atomic mass is 35.5. The first kappa shape index (κ1) is 16.2. The summed E-state index contributed by atoms with van der Waals surface area (Å²) in [6, 6.07) is 6.03. The lowest BCUT2D eigenvalue weighted by atomic mass is 10.2. The van der Waals surface area contributed by atoms with Gasteiger partial charge in [-0.25, -0.2) is 0 Å². The molecule has 0 radical (unpaired) electrons. The Labute approximate surface area is 111 Å². The Morgan fingerprint density at radius 2 is 2.11 bits per heavy atom. The Morgan fingerprint density at radius 1 is 1.44 bits per heavy atom. The maximum atomic E-state index is 11.3. The Kier molecular flexibility index (Phi) is 6.77. The zero-order chi connectivity index (χ0) is 12.8. The number of rotatable bonds is 5. The van der Waals surface area contributed by atoms with Crippen LogP contribution in [0.1, 0.15) is 6.92 Å². The number of amides is 2. The average molecular weight is 274 g/mol. The van der Waals surface area contributed by atoms with Crippen molar-refractivity contribution in [2.75, 3.05) is 11.9 Å². The van der Waals surface area contributed by atoms with Gasteiger partial charge in [0.2, 0.25) is 5.91 Å². The van der Waals surface area contributed by atoms with Gasteiger partial charge in [0.25, 0.3) is 5.91 Å². The molecule has 1 rings (SSSR count). The molecule has 2 amide bonds. The lowest BCUT2D eigenvalue weighted by Gasteiger charge is -2.09. The molecule has 0 aliphatic heterocycles. The first-order valence-electron chi connectivity index (χ1n) is 5.06. The number of anilines is 1. The maximum absolute atomic E-state index is 11.3. The monoisotopic (exact) mass is 273 g/mol. The molecule has 0 bridgehead atoms. The van der Waals surface area contributed by atoms with E-state index in [1.807, 2.05) is 0 Å². The van der Waals surface area contributed by atoms with Crippen LogP contribution >= 0.6 is 12.4 Å². The molecule has 5 N–H and O–H groups in total. The third-order valence-corrected chi connectivity index (χ3v) is 1.90. The number of halogens is 1. The van der Waals surface area contributed by atoms with Crippen molar-refractivity contribution in [1.29, 1.82) is 0 Å². The van der Waals surface area contributed by atoms with Crippen LogP contribution in [0.2, 0.25) is 0 Å². The van der Waals surface area contributed by atoms with Crippen molar-refractivity contribution < 1.29 is 14.3 Å². The van der Waals surface area contributed by atoms with E-state index in [-0.39, 0.29) is 24.9 Å². The molecule has 0 heterocycles. The molecular formula is C11H16ClN3O3. The number of hydrogen-bond donors (Lipinski definition) is 3. The zero-order valence-electron chi connectivity index (χ0n) is 9.88. The van der Waals surface area contributed by atoms with E-state index in [0.717, 1.165) is 0 Å². The van der Waals surface area contributed by atoms with E-state index in [9.17, 15) is 9.59 Å². The molecule has 6 nitrogen and oxygen atoms in total. The molecule has 18 heavy (non-hydrogen) atoms. The van der Waals surface area contributed by atoms with Crippen molar-refractivity contribution in [3.05, 3.63) is 24.3 Å². The number of primary amides is 1. The third kappa shape index (κ3) is 5.51. The molecule has 1 aromatic rings. The van der Waals surface area contributed by atoms with E-state index in [0.29, 0.717) is 11.4 Å². The molecule has 0 aliphatic rings. The predicted molar refractivity (Wildman–Crippen MR) is 70.7 cm³/mol. The summed E-state index contributed by atoms with van der Waals surface area (Å²) in [6.07, 6.45) is 0. The minimum absolute atomic E-state index is 0. The van der Waals surface area contributed by atoms with E-state index < -0.39 is 11.9 Å². The molecule has 0 aromatic heterocycles. The van der Waals surface area contributed by atoms with Gasteiger partial charge < -0.3 is 21.5 Å². The second kappa shape index (κ2) is 7.52. The van der Waals surface area contributed by atoms with Crippen LogP contribution in [0.5, 0.6) is 5.75 Å². The number of nitrogens with two attached hydrogens (primary N) is 2. The van der Waals surface area contributed by atoms with E-state index >= 15 is 0 Å². The van der Waals surface area contributed by atoms with Gasteiger partial charge in [0.05, 0.1) is 6.04 Å². The Bertz CT molecular complexity index is 424. The lowest BCUT2D eigenvalue weighted by Crippen LogP contribution is -2.32. The van der Waals surface area contributed by atoms with Crippen LogP contribution in [0.15, 0.2) is 24.3 Å². The van der Waals surface area contributed by atoms with Gasteiger partial charge in [0.15, 0.2) is 6.61 Å². The smallest absolute Gasteiger partial charge is 0.255 e. The van der Waals surface area contributed by atoms with Crippen LogP contribution in [-0.4, -0.2) is 24.5 Å². The standard InChI is InChI=1S/C11H15N3O3.ClH/c1-7(12)11(16)14-8-3-2-4-9(5-8)17-6-10(13)15;/h2-5,7H,6,12H2,1H3,(H2,13,15)(H,14,16);1H/t7-;/m1./s1. The molecular weight excluding hydrogens is 258 g/mol. The van der Waals surface area contributed by atoms with Crippen LogP contribution in [0, 0.1) is 0 Å². The first-order chi connectivity index (χ1) is 7.99. The summed E-state index contributed by atoms with van der Waals surface area (Å²) in [7, 11) is 0. The highest BCUT2D eigenvalue weighted by molar-refractivity contribution is 5.94. The summed E-state index contributed by atoms with van der Waals surface area (Å²) in [6.45, 7) is 1.38. The minimum atomic E-state index is -0.592. The van der Waals surface area contributed by atoms with Crippen LogP contribution in [0.25, 0.3) is 0 Å². The highest BCUT2D eigenvalue weighted by Crippen LogP contribution is 2.17. The minimum Gasteiger partial charge on any atom is -0.484 e. The van der Waals surface area contributed by atoms with Gasteiger partial charge in [0.1, 0.15) is 5.75 Å². The molecule has 0 saturated carbocycles. The molecule has 0 aliphatic carbocycles. The topological polar surface area (TPSA) is 107 Å². The van der Waals surface area contributed by atoms with Crippen molar-refractivity contribution in [2.24, 2.45) is 11.5 Å². The second-order valence-electron chi connectivity index (χ2n) is 3.56. The Morgan fingerprint density at radius 3 is 2.67 bits per heavy atom. The van der Waals surface area contributed by atoms with Gasteiger partial charge in [0, 0.05) is 11.8 Å². The van der Waals surface area contributed by atoms with Crippen LogP contribution < -0.4 is 21.5 Å².